The van der Waals surface area contributed by atoms with E-state index in [0.717, 1.165) is 0 Å². The van der Waals surface area contributed by atoms with Crippen molar-refractivity contribution in [1.82, 2.24) is 0 Å². The first kappa shape index (κ1) is 10.7. The lowest BCUT2D eigenvalue weighted by atomic mass is 10.2. The first-order valence-corrected chi connectivity index (χ1v) is 4.93. The Morgan fingerprint density at radius 1 is 0.857 bits per heavy atom. The van der Waals surface area contributed by atoms with Crippen molar-refractivity contribution in [2.45, 2.75) is 0 Å². The largest absolute Gasteiger partial charge is 0.551 e. The molecular formula is C9H14O4Si. The number of hydrogen-bond acceptors (Lipinski definition) is 4. The van der Waals surface area contributed by atoms with E-state index in [2.05, 4.69) is 0 Å². The molecule has 0 spiro atoms. The van der Waals surface area contributed by atoms with Crippen molar-refractivity contribution < 1.29 is 18.6 Å². The standard InChI is InChI=1S/C9H14O4Si/c1-10-6-4-5-7(13-14)9(12-3)8(6)11-2/h4-5H,1-3,14H3. The number of ether oxygens (including phenoxy) is 3. The smallest absolute Gasteiger partial charge is 0.207 e. The minimum absolute atomic E-state index is 0.559. The fourth-order valence-electron chi connectivity index (χ4n) is 1.23. The summed E-state index contributed by atoms with van der Waals surface area (Å²) in [6, 6.07) is 3.59. The Morgan fingerprint density at radius 2 is 1.36 bits per heavy atom. The van der Waals surface area contributed by atoms with Crippen molar-refractivity contribution in [2.24, 2.45) is 0 Å². The molecule has 0 aliphatic rings. The Morgan fingerprint density at radius 3 is 1.79 bits per heavy atom. The second-order valence-electron chi connectivity index (χ2n) is 2.54. The lowest BCUT2D eigenvalue weighted by molar-refractivity contribution is 0.318. The highest BCUT2D eigenvalue weighted by atomic mass is 28.2. The molecule has 1 rings (SSSR count). The SMILES string of the molecule is COc1ccc(O[SiH3])c(OC)c1OC. The zero-order valence-corrected chi connectivity index (χ0v) is 10.8. The quantitative estimate of drug-likeness (QED) is 0.679. The van der Waals surface area contributed by atoms with Crippen molar-refractivity contribution in [3.05, 3.63) is 12.1 Å². The molecule has 4 nitrogen and oxygen atoms in total. The summed E-state index contributed by atoms with van der Waals surface area (Å²) in [5.41, 5.74) is 0. The molecule has 0 heterocycles. The molecule has 0 aliphatic heterocycles. The molecular weight excluding hydrogens is 200 g/mol. The fraction of sp³-hybridized carbons (Fsp3) is 0.333. The summed E-state index contributed by atoms with van der Waals surface area (Å²) < 4.78 is 20.8. The molecule has 0 bridgehead atoms. The van der Waals surface area contributed by atoms with E-state index in [1.54, 1.807) is 33.5 Å². The van der Waals surface area contributed by atoms with Gasteiger partial charge in [0, 0.05) is 0 Å². The zero-order valence-electron chi connectivity index (χ0n) is 8.79. The molecule has 0 radical (unpaired) electrons. The van der Waals surface area contributed by atoms with E-state index in [4.69, 9.17) is 18.6 Å². The van der Waals surface area contributed by atoms with Gasteiger partial charge in [0.15, 0.2) is 5.75 Å². The van der Waals surface area contributed by atoms with E-state index in [9.17, 15) is 0 Å². The van der Waals surface area contributed by atoms with E-state index in [1.807, 2.05) is 0 Å². The van der Waals surface area contributed by atoms with E-state index in [1.165, 1.54) is 0 Å². The molecule has 5 heteroatoms. The van der Waals surface area contributed by atoms with Gasteiger partial charge in [0.1, 0.15) is 5.75 Å². The lowest BCUT2D eigenvalue weighted by Crippen LogP contribution is -1.97. The maximum atomic E-state index is 5.26. The highest BCUT2D eigenvalue weighted by Gasteiger charge is 2.15. The monoisotopic (exact) mass is 214 g/mol. The Balaban J connectivity index is 3.28. The average Bonchev–Trinajstić information content (AvgIpc) is 2.26. The van der Waals surface area contributed by atoms with Crippen LogP contribution in [0.5, 0.6) is 23.0 Å². The molecule has 1 aromatic carbocycles. The molecule has 78 valence electrons. The van der Waals surface area contributed by atoms with E-state index >= 15 is 0 Å². The van der Waals surface area contributed by atoms with E-state index < -0.39 is 0 Å². The third kappa shape index (κ3) is 1.77. The summed E-state index contributed by atoms with van der Waals surface area (Å²) in [6.07, 6.45) is 0. The van der Waals surface area contributed by atoms with Crippen LogP contribution in [-0.2, 0) is 0 Å². The van der Waals surface area contributed by atoms with Gasteiger partial charge in [-0.25, -0.2) is 0 Å². The van der Waals surface area contributed by atoms with Gasteiger partial charge in [0.05, 0.1) is 21.3 Å². The summed E-state index contributed by atoms with van der Waals surface area (Å²) in [7, 11) is 5.32. The number of benzene rings is 1. The van der Waals surface area contributed by atoms with Gasteiger partial charge in [-0.15, -0.1) is 0 Å². The molecule has 0 saturated carbocycles. The Hall–Kier alpha value is -1.36. The van der Waals surface area contributed by atoms with Gasteiger partial charge in [-0.05, 0) is 12.1 Å². The van der Waals surface area contributed by atoms with Crippen molar-refractivity contribution in [1.29, 1.82) is 0 Å². The van der Waals surface area contributed by atoms with Gasteiger partial charge < -0.3 is 18.6 Å². The predicted octanol–water partition coefficient (Wildman–Crippen LogP) is 0.372. The number of rotatable bonds is 4. The molecule has 0 atom stereocenters. The highest BCUT2D eigenvalue weighted by Crippen LogP contribution is 2.43. The average molecular weight is 214 g/mol. The first-order valence-electron chi connectivity index (χ1n) is 4.11. The van der Waals surface area contributed by atoms with Gasteiger partial charge in [0.25, 0.3) is 0 Å². The molecule has 0 amide bonds. The minimum atomic E-state index is 0.559. The molecule has 14 heavy (non-hydrogen) atoms. The fourth-order valence-corrected chi connectivity index (χ4v) is 1.56. The van der Waals surface area contributed by atoms with Crippen LogP contribution in [-0.4, -0.2) is 31.8 Å². The Labute approximate surface area is 86.3 Å². The summed E-state index contributed by atoms with van der Waals surface area (Å²) in [5.74, 6) is 2.44. The van der Waals surface area contributed by atoms with Crippen molar-refractivity contribution in [3.63, 3.8) is 0 Å². The lowest BCUT2D eigenvalue weighted by Gasteiger charge is -2.14. The Bertz CT molecular complexity index is 283. The predicted molar refractivity (Wildman–Crippen MR) is 56.7 cm³/mol. The van der Waals surface area contributed by atoms with Crippen LogP contribution in [0.2, 0.25) is 0 Å². The van der Waals surface area contributed by atoms with Crippen molar-refractivity contribution in [3.8, 4) is 23.0 Å². The second kappa shape index (κ2) is 4.76. The van der Waals surface area contributed by atoms with Gasteiger partial charge in [-0.2, -0.15) is 0 Å². The van der Waals surface area contributed by atoms with Crippen LogP contribution in [0.15, 0.2) is 12.1 Å². The zero-order chi connectivity index (χ0) is 10.6. The van der Waals surface area contributed by atoms with Gasteiger partial charge in [-0.3, -0.25) is 0 Å². The summed E-state index contributed by atoms with van der Waals surface area (Å²) in [5, 5.41) is 0. The van der Waals surface area contributed by atoms with Crippen LogP contribution in [0.1, 0.15) is 0 Å². The normalized spacial score (nSPS) is 9.64. The van der Waals surface area contributed by atoms with Gasteiger partial charge in [0.2, 0.25) is 22.0 Å². The third-order valence-electron chi connectivity index (χ3n) is 1.89. The van der Waals surface area contributed by atoms with Crippen LogP contribution < -0.4 is 18.6 Å². The van der Waals surface area contributed by atoms with Crippen LogP contribution >= 0.6 is 0 Å². The molecule has 0 fully saturated rings. The van der Waals surface area contributed by atoms with Crippen LogP contribution in [0.25, 0.3) is 0 Å². The van der Waals surface area contributed by atoms with Gasteiger partial charge in [-0.1, -0.05) is 0 Å². The highest BCUT2D eigenvalue weighted by molar-refractivity contribution is 6.00. The van der Waals surface area contributed by atoms with Crippen LogP contribution in [0.3, 0.4) is 0 Å². The van der Waals surface area contributed by atoms with Crippen molar-refractivity contribution >= 4 is 10.5 Å². The maximum Gasteiger partial charge on any atom is 0.207 e. The molecule has 0 N–H and O–H groups in total. The molecule has 0 saturated heterocycles. The minimum Gasteiger partial charge on any atom is -0.551 e. The summed E-state index contributed by atoms with van der Waals surface area (Å²) in [6.45, 7) is 0. The van der Waals surface area contributed by atoms with E-state index in [0.29, 0.717) is 33.5 Å². The molecule has 1 aromatic rings. The van der Waals surface area contributed by atoms with Crippen molar-refractivity contribution in [2.75, 3.05) is 21.3 Å². The van der Waals surface area contributed by atoms with Gasteiger partial charge >= 0.3 is 0 Å². The third-order valence-corrected chi connectivity index (χ3v) is 2.33. The van der Waals surface area contributed by atoms with E-state index in [-0.39, 0.29) is 0 Å². The first-order chi connectivity index (χ1) is 6.78. The number of methoxy groups -OCH3 is 3. The number of hydrogen-bond donors (Lipinski definition) is 0. The molecule has 0 aliphatic carbocycles. The van der Waals surface area contributed by atoms with Crippen LogP contribution in [0, 0.1) is 0 Å². The second-order valence-corrected chi connectivity index (χ2v) is 2.94. The topological polar surface area (TPSA) is 36.9 Å². The summed E-state index contributed by atoms with van der Waals surface area (Å²) in [4.78, 5) is 0. The molecule has 0 unspecified atom stereocenters. The maximum absolute atomic E-state index is 5.26. The Kier molecular flexibility index (Phi) is 3.64. The summed E-state index contributed by atoms with van der Waals surface area (Å²) >= 11 is 0. The molecule has 0 aromatic heterocycles. The van der Waals surface area contributed by atoms with Crippen LogP contribution in [0.4, 0.5) is 0 Å².